The van der Waals surface area contributed by atoms with Crippen molar-refractivity contribution in [2.75, 3.05) is 6.61 Å². The van der Waals surface area contributed by atoms with Gasteiger partial charge in [-0.2, -0.15) is 0 Å². The maximum absolute atomic E-state index is 12.9. The van der Waals surface area contributed by atoms with Gasteiger partial charge in [0.25, 0.3) is 0 Å². The first-order chi connectivity index (χ1) is 9.30. The van der Waals surface area contributed by atoms with Crippen LogP contribution >= 0.6 is 0 Å². The summed E-state index contributed by atoms with van der Waals surface area (Å²) < 4.78 is 16.9. The Balaban J connectivity index is 2.89. The van der Waals surface area contributed by atoms with E-state index in [1.165, 1.54) is 0 Å². The van der Waals surface area contributed by atoms with Crippen LogP contribution in [0.5, 0.6) is 0 Å². The highest BCUT2D eigenvalue weighted by atomic mass is 16.7. The van der Waals surface area contributed by atoms with Crippen molar-refractivity contribution in [1.29, 1.82) is 0 Å². The van der Waals surface area contributed by atoms with Crippen molar-refractivity contribution in [3.8, 4) is 0 Å². The van der Waals surface area contributed by atoms with Gasteiger partial charge in [0.1, 0.15) is 6.61 Å². The fraction of sp³-hybridized carbons (Fsp3) is 0.941. The van der Waals surface area contributed by atoms with Crippen molar-refractivity contribution in [3.05, 3.63) is 0 Å². The van der Waals surface area contributed by atoms with E-state index in [1.807, 2.05) is 20.8 Å². The molecule has 0 N–H and O–H groups in total. The standard InChI is InChI=1S/C17H32O4/c1-11-12(2)20-13(10-19-11)21-14(18)17(9,15(3,4)5)16(6,7)8/h11-13H,10H2,1-9H3. The zero-order valence-corrected chi connectivity index (χ0v) is 15.1. The van der Waals surface area contributed by atoms with Crippen LogP contribution in [0.4, 0.5) is 0 Å². The van der Waals surface area contributed by atoms with E-state index in [-0.39, 0.29) is 29.0 Å². The van der Waals surface area contributed by atoms with Gasteiger partial charge in [0.05, 0.1) is 17.6 Å². The van der Waals surface area contributed by atoms with E-state index in [9.17, 15) is 4.79 Å². The molecule has 0 saturated carbocycles. The minimum atomic E-state index is -0.629. The minimum Gasteiger partial charge on any atom is -0.433 e. The fourth-order valence-electron chi connectivity index (χ4n) is 2.79. The van der Waals surface area contributed by atoms with Crippen molar-refractivity contribution in [2.24, 2.45) is 16.2 Å². The first kappa shape index (κ1) is 18.4. The van der Waals surface area contributed by atoms with Crippen molar-refractivity contribution in [2.45, 2.75) is 80.8 Å². The summed E-state index contributed by atoms with van der Waals surface area (Å²) in [5.41, 5.74) is -1.08. The van der Waals surface area contributed by atoms with E-state index in [1.54, 1.807) is 0 Å². The van der Waals surface area contributed by atoms with Gasteiger partial charge >= 0.3 is 5.97 Å². The maximum atomic E-state index is 12.9. The van der Waals surface area contributed by atoms with E-state index >= 15 is 0 Å². The molecule has 0 aromatic carbocycles. The summed E-state index contributed by atoms with van der Waals surface area (Å²) in [5.74, 6) is -0.224. The van der Waals surface area contributed by atoms with Crippen LogP contribution in [0.3, 0.4) is 0 Å². The van der Waals surface area contributed by atoms with Gasteiger partial charge < -0.3 is 14.2 Å². The number of hydrogen-bond donors (Lipinski definition) is 0. The van der Waals surface area contributed by atoms with Crippen molar-refractivity contribution >= 4 is 5.97 Å². The average molecular weight is 300 g/mol. The van der Waals surface area contributed by atoms with Crippen LogP contribution in [0.25, 0.3) is 0 Å². The Bertz CT molecular complexity index is 361. The molecule has 0 bridgehead atoms. The molecule has 0 aromatic rings. The number of carbonyl (C=O) groups excluding carboxylic acids is 1. The highest BCUT2D eigenvalue weighted by Crippen LogP contribution is 2.52. The quantitative estimate of drug-likeness (QED) is 0.728. The Hall–Kier alpha value is -0.610. The van der Waals surface area contributed by atoms with Crippen molar-refractivity contribution in [1.82, 2.24) is 0 Å². The van der Waals surface area contributed by atoms with Crippen LogP contribution in [-0.4, -0.2) is 31.1 Å². The maximum Gasteiger partial charge on any atom is 0.315 e. The summed E-state index contributed by atoms with van der Waals surface area (Å²) in [6, 6.07) is 0. The lowest BCUT2D eigenvalue weighted by Crippen LogP contribution is -2.53. The third kappa shape index (κ3) is 3.59. The van der Waals surface area contributed by atoms with Gasteiger partial charge in [0, 0.05) is 0 Å². The largest absolute Gasteiger partial charge is 0.433 e. The number of esters is 1. The van der Waals surface area contributed by atoms with Crippen LogP contribution in [0.2, 0.25) is 0 Å². The second-order valence-corrected chi connectivity index (χ2v) is 8.34. The van der Waals surface area contributed by atoms with Crippen LogP contribution < -0.4 is 0 Å². The monoisotopic (exact) mass is 300 g/mol. The fourth-order valence-corrected chi connectivity index (χ4v) is 2.79. The number of rotatable bonds is 2. The smallest absolute Gasteiger partial charge is 0.315 e. The first-order valence-electron chi connectivity index (χ1n) is 7.79. The molecule has 124 valence electrons. The Morgan fingerprint density at radius 1 is 0.952 bits per heavy atom. The highest BCUT2D eigenvalue weighted by molar-refractivity contribution is 5.78. The number of hydrogen-bond acceptors (Lipinski definition) is 4. The molecule has 0 spiro atoms. The predicted octanol–water partition coefficient (Wildman–Crippen LogP) is 3.78. The predicted molar refractivity (Wildman–Crippen MR) is 82.9 cm³/mol. The van der Waals surface area contributed by atoms with Gasteiger partial charge in [-0.25, -0.2) is 0 Å². The van der Waals surface area contributed by atoms with Crippen LogP contribution in [0.15, 0.2) is 0 Å². The zero-order chi connectivity index (χ0) is 16.6. The second kappa shape index (κ2) is 5.88. The molecule has 3 unspecified atom stereocenters. The third-order valence-electron chi connectivity index (χ3n) is 5.17. The van der Waals surface area contributed by atoms with Crippen molar-refractivity contribution in [3.63, 3.8) is 0 Å². The Kier molecular flexibility index (Phi) is 5.16. The summed E-state index contributed by atoms with van der Waals surface area (Å²) >= 11 is 0. The Morgan fingerprint density at radius 2 is 1.43 bits per heavy atom. The first-order valence-corrected chi connectivity index (χ1v) is 7.79. The molecule has 4 nitrogen and oxygen atoms in total. The molecule has 1 aliphatic heterocycles. The molecule has 1 saturated heterocycles. The lowest BCUT2D eigenvalue weighted by atomic mass is 9.55. The molecule has 1 fully saturated rings. The SMILES string of the molecule is CC1OCC(OC(=O)C(C)(C(C)(C)C)C(C)(C)C)OC1C. The topological polar surface area (TPSA) is 44.8 Å². The molecule has 3 atom stereocenters. The van der Waals surface area contributed by atoms with Crippen molar-refractivity contribution < 1.29 is 19.0 Å². The molecule has 1 aliphatic rings. The summed E-state index contributed by atoms with van der Waals surface area (Å²) in [6.07, 6.45) is -0.670. The lowest BCUT2D eigenvalue weighted by molar-refractivity contribution is -0.262. The molecule has 21 heavy (non-hydrogen) atoms. The number of ether oxygens (including phenoxy) is 3. The zero-order valence-electron chi connectivity index (χ0n) is 15.1. The molecular weight excluding hydrogens is 268 g/mol. The average Bonchev–Trinajstić information content (AvgIpc) is 2.29. The van der Waals surface area contributed by atoms with E-state index < -0.39 is 11.7 Å². The molecule has 0 radical (unpaired) electrons. The summed E-state index contributed by atoms with van der Waals surface area (Å²) in [5, 5.41) is 0. The molecule has 4 heteroatoms. The molecule has 0 aliphatic carbocycles. The Labute approximate surface area is 129 Å². The van der Waals surface area contributed by atoms with Crippen LogP contribution in [0, 0.1) is 16.2 Å². The molecule has 1 rings (SSSR count). The number of carbonyl (C=O) groups is 1. The minimum absolute atomic E-state index is 0.0246. The highest BCUT2D eigenvalue weighted by Gasteiger charge is 2.54. The molecule has 1 heterocycles. The summed E-state index contributed by atoms with van der Waals surface area (Å²) in [6.45, 7) is 18.6. The third-order valence-corrected chi connectivity index (χ3v) is 5.17. The van der Waals surface area contributed by atoms with Crippen LogP contribution in [-0.2, 0) is 19.0 Å². The lowest BCUT2D eigenvalue weighted by Gasteiger charge is -2.49. The summed E-state index contributed by atoms with van der Waals surface area (Å²) in [7, 11) is 0. The summed E-state index contributed by atoms with van der Waals surface area (Å²) in [4.78, 5) is 12.9. The van der Waals surface area contributed by atoms with Gasteiger partial charge in [0.2, 0.25) is 6.29 Å². The van der Waals surface area contributed by atoms with Gasteiger partial charge in [-0.1, -0.05) is 41.5 Å². The molecule has 0 aromatic heterocycles. The molecule has 0 amide bonds. The van der Waals surface area contributed by atoms with Gasteiger partial charge in [-0.15, -0.1) is 0 Å². The van der Waals surface area contributed by atoms with E-state index in [2.05, 4.69) is 41.5 Å². The van der Waals surface area contributed by atoms with E-state index in [0.717, 1.165) is 0 Å². The normalized spacial score (nSPS) is 28.3. The van der Waals surface area contributed by atoms with E-state index in [4.69, 9.17) is 14.2 Å². The van der Waals surface area contributed by atoms with Crippen LogP contribution in [0.1, 0.15) is 62.3 Å². The van der Waals surface area contributed by atoms with Gasteiger partial charge in [-0.05, 0) is 31.6 Å². The van der Waals surface area contributed by atoms with Gasteiger partial charge in [0.15, 0.2) is 0 Å². The van der Waals surface area contributed by atoms with E-state index in [0.29, 0.717) is 6.61 Å². The Morgan fingerprint density at radius 3 is 1.81 bits per heavy atom. The molecular formula is C17H32O4. The second-order valence-electron chi connectivity index (χ2n) is 8.34. The van der Waals surface area contributed by atoms with Gasteiger partial charge in [-0.3, -0.25) is 4.79 Å².